The lowest BCUT2D eigenvalue weighted by Crippen LogP contribution is -2.18. The molecule has 0 amide bonds. The Kier molecular flexibility index (Phi) is 6.07. The van der Waals surface area contributed by atoms with Crippen LogP contribution in [0.5, 0.6) is 0 Å². The van der Waals surface area contributed by atoms with Gasteiger partial charge in [-0.2, -0.15) is 0 Å². The van der Waals surface area contributed by atoms with Crippen LogP contribution in [0, 0.1) is 0 Å². The minimum atomic E-state index is 0.0474. The van der Waals surface area contributed by atoms with E-state index in [1.54, 1.807) is 13.2 Å². The molecule has 0 bridgehead atoms. The highest BCUT2D eigenvalue weighted by Gasteiger charge is 2.15. The van der Waals surface area contributed by atoms with Gasteiger partial charge in [-0.05, 0) is 42.3 Å². The van der Waals surface area contributed by atoms with Gasteiger partial charge >= 0.3 is 0 Å². The Morgan fingerprint density at radius 2 is 1.81 bits per heavy atom. The van der Waals surface area contributed by atoms with Crippen LogP contribution >= 0.6 is 23.2 Å². The number of benzene rings is 2. The van der Waals surface area contributed by atoms with Crippen molar-refractivity contribution in [2.45, 2.75) is 12.5 Å². The van der Waals surface area contributed by atoms with Gasteiger partial charge in [-0.3, -0.25) is 0 Å². The molecule has 0 radical (unpaired) electrons. The second-order valence-electron chi connectivity index (χ2n) is 4.87. The molecule has 2 aromatic rings. The molecular weight excluding hydrogens is 305 g/mol. The smallest absolute Gasteiger partial charge is 0.0589 e. The van der Waals surface area contributed by atoms with Crippen molar-refractivity contribution >= 4 is 23.2 Å². The van der Waals surface area contributed by atoms with Crippen LogP contribution in [0.3, 0.4) is 0 Å². The summed E-state index contributed by atoms with van der Waals surface area (Å²) in [6.07, 6.45) is 0.919. The quantitative estimate of drug-likeness (QED) is 0.845. The first-order valence-electron chi connectivity index (χ1n) is 6.85. The molecule has 4 heteroatoms. The molecule has 21 heavy (non-hydrogen) atoms. The van der Waals surface area contributed by atoms with E-state index in [-0.39, 0.29) is 6.04 Å². The molecule has 1 N–H and O–H groups in total. The van der Waals surface area contributed by atoms with Crippen molar-refractivity contribution in [1.82, 2.24) is 5.32 Å². The molecule has 0 aliphatic carbocycles. The van der Waals surface area contributed by atoms with Crippen molar-refractivity contribution in [3.05, 3.63) is 69.2 Å². The lowest BCUT2D eigenvalue weighted by Gasteiger charge is -2.19. The maximum Gasteiger partial charge on any atom is 0.0589 e. The van der Waals surface area contributed by atoms with Crippen molar-refractivity contribution < 1.29 is 4.74 Å². The lowest BCUT2D eigenvalue weighted by atomic mass is 9.97. The molecule has 0 saturated carbocycles. The molecule has 0 saturated heterocycles. The molecule has 0 aliphatic rings. The molecule has 0 aromatic heterocycles. The third-order valence-electron chi connectivity index (χ3n) is 3.47. The number of nitrogens with one attached hydrogen (secondary N) is 1. The number of halogens is 2. The molecule has 112 valence electrons. The molecule has 2 rings (SSSR count). The first-order valence-corrected chi connectivity index (χ1v) is 7.61. The summed E-state index contributed by atoms with van der Waals surface area (Å²) in [5.41, 5.74) is 3.45. The first-order chi connectivity index (χ1) is 10.2. The van der Waals surface area contributed by atoms with E-state index in [0.717, 1.165) is 18.6 Å². The Morgan fingerprint density at radius 3 is 2.38 bits per heavy atom. The zero-order valence-electron chi connectivity index (χ0n) is 12.2. The Hall–Kier alpha value is -1.06. The second kappa shape index (κ2) is 7.81. The maximum absolute atomic E-state index is 6.31. The van der Waals surface area contributed by atoms with Crippen molar-refractivity contribution in [3.63, 3.8) is 0 Å². The monoisotopic (exact) mass is 323 g/mol. The van der Waals surface area contributed by atoms with Gasteiger partial charge in [0.1, 0.15) is 0 Å². The third kappa shape index (κ3) is 4.21. The standard InChI is InChI=1S/C17H19Cl2NO/c1-20-17(15-8-7-14(18)11-16(15)19)13-5-3-12(4-6-13)9-10-21-2/h3-8,11,17,20H,9-10H2,1-2H3. The minimum Gasteiger partial charge on any atom is -0.384 e. The maximum atomic E-state index is 6.31. The average Bonchev–Trinajstić information content (AvgIpc) is 2.49. The SMILES string of the molecule is CNC(c1ccc(CCOC)cc1)c1ccc(Cl)cc1Cl. The summed E-state index contributed by atoms with van der Waals surface area (Å²) in [5.74, 6) is 0. The van der Waals surface area contributed by atoms with E-state index in [9.17, 15) is 0 Å². The number of hydrogen-bond acceptors (Lipinski definition) is 2. The van der Waals surface area contributed by atoms with Gasteiger partial charge in [-0.25, -0.2) is 0 Å². The summed E-state index contributed by atoms with van der Waals surface area (Å²) in [5, 5.41) is 4.62. The van der Waals surface area contributed by atoms with Crippen LogP contribution in [0.25, 0.3) is 0 Å². The van der Waals surface area contributed by atoms with Gasteiger partial charge in [-0.15, -0.1) is 0 Å². The summed E-state index contributed by atoms with van der Waals surface area (Å²) >= 11 is 12.3. The van der Waals surface area contributed by atoms with E-state index in [1.807, 2.05) is 19.2 Å². The predicted molar refractivity (Wildman–Crippen MR) is 89.4 cm³/mol. The van der Waals surface area contributed by atoms with Crippen molar-refractivity contribution in [1.29, 1.82) is 0 Å². The summed E-state index contributed by atoms with van der Waals surface area (Å²) in [7, 11) is 3.64. The third-order valence-corrected chi connectivity index (χ3v) is 4.03. The van der Waals surface area contributed by atoms with Gasteiger partial charge < -0.3 is 10.1 Å². The topological polar surface area (TPSA) is 21.3 Å². The van der Waals surface area contributed by atoms with Crippen molar-refractivity contribution in [3.8, 4) is 0 Å². The molecule has 2 aromatic carbocycles. The fraction of sp³-hybridized carbons (Fsp3) is 0.294. The molecule has 0 fully saturated rings. The largest absolute Gasteiger partial charge is 0.384 e. The predicted octanol–water partition coefficient (Wildman–Crippen LogP) is 4.49. The van der Waals surface area contributed by atoms with E-state index < -0.39 is 0 Å². The highest BCUT2D eigenvalue weighted by molar-refractivity contribution is 6.35. The first kappa shape index (κ1) is 16.3. The Balaban J connectivity index is 2.24. The van der Waals surface area contributed by atoms with Gasteiger partial charge in [0.15, 0.2) is 0 Å². The zero-order chi connectivity index (χ0) is 15.2. The molecule has 1 unspecified atom stereocenters. The highest BCUT2D eigenvalue weighted by Crippen LogP contribution is 2.30. The average molecular weight is 324 g/mol. The van der Waals surface area contributed by atoms with Crippen LogP contribution in [0.4, 0.5) is 0 Å². The van der Waals surface area contributed by atoms with Crippen LogP contribution < -0.4 is 5.32 Å². The van der Waals surface area contributed by atoms with Crippen LogP contribution in [-0.2, 0) is 11.2 Å². The number of ether oxygens (including phenoxy) is 1. The normalized spacial score (nSPS) is 12.4. The number of methoxy groups -OCH3 is 1. The molecule has 0 spiro atoms. The minimum absolute atomic E-state index is 0.0474. The van der Waals surface area contributed by atoms with E-state index in [1.165, 1.54) is 11.1 Å². The van der Waals surface area contributed by atoms with Crippen LogP contribution in [0.15, 0.2) is 42.5 Å². The van der Waals surface area contributed by atoms with Crippen LogP contribution in [0.2, 0.25) is 10.0 Å². The van der Waals surface area contributed by atoms with E-state index in [2.05, 4.69) is 29.6 Å². The molecule has 1 atom stereocenters. The molecular formula is C17H19Cl2NO. The Labute approximate surface area is 136 Å². The summed E-state index contributed by atoms with van der Waals surface area (Å²) < 4.78 is 5.10. The summed E-state index contributed by atoms with van der Waals surface area (Å²) in [6, 6.07) is 14.1. The Morgan fingerprint density at radius 1 is 1.10 bits per heavy atom. The zero-order valence-corrected chi connectivity index (χ0v) is 13.7. The number of hydrogen-bond donors (Lipinski definition) is 1. The van der Waals surface area contributed by atoms with Gasteiger partial charge in [0.2, 0.25) is 0 Å². The molecule has 0 heterocycles. The second-order valence-corrected chi connectivity index (χ2v) is 5.72. The molecule has 0 aliphatic heterocycles. The van der Waals surface area contributed by atoms with Crippen LogP contribution in [-0.4, -0.2) is 20.8 Å². The highest BCUT2D eigenvalue weighted by atomic mass is 35.5. The van der Waals surface area contributed by atoms with E-state index >= 15 is 0 Å². The van der Waals surface area contributed by atoms with Gasteiger partial charge in [0.25, 0.3) is 0 Å². The van der Waals surface area contributed by atoms with E-state index in [0.29, 0.717) is 10.0 Å². The van der Waals surface area contributed by atoms with Gasteiger partial charge in [-0.1, -0.05) is 53.5 Å². The summed E-state index contributed by atoms with van der Waals surface area (Å²) in [4.78, 5) is 0. The lowest BCUT2D eigenvalue weighted by molar-refractivity contribution is 0.202. The van der Waals surface area contributed by atoms with Crippen molar-refractivity contribution in [2.75, 3.05) is 20.8 Å². The fourth-order valence-corrected chi connectivity index (χ4v) is 2.85. The number of rotatable bonds is 6. The summed E-state index contributed by atoms with van der Waals surface area (Å²) in [6.45, 7) is 0.734. The van der Waals surface area contributed by atoms with Gasteiger partial charge in [0, 0.05) is 17.2 Å². The van der Waals surface area contributed by atoms with E-state index in [4.69, 9.17) is 27.9 Å². The van der Waals surface area contributed by atoms with Crippen LogP contribution in [0.1, 0.15) is 22.7 Å². The van der Waals surface area contributed by atoms with Gasteiger partial charge in [0.05, 0.1) is 12.6 Å². The Bertz CT molecular complexity index is 584. The van der Waals surface area contributed by atoms with Crippen molar-refractivity contribution in [2.24, 2.45) is 0 Å². The fourth-order valence-electron chi connectivity index (χ4n) is 2.33. The molecule has 2 nitrogen and oxygen atoms in total.